The zero-order chi connectivity index (χ0) is 20.5. The number of anilines is 1. The number of sulfonamides is 1. The standard InChI is InChI=1S/C18H19ClN4O3S2/c1-3-23-16-7-5-12(28(20,25)26)9-15(16)22-18(23)27-10-17(24)21-14-6-4-11(2)8-13(14)19/h4-9H,3,10H2,1-2H3,(H,21,24)(H2,20,25,26). The molecule has 1 amide bonds. The monoisotopic (exact) mass is 438 g/mol. The molecule has 10 heteroatoms. The molecule has 0 saturated heterocycles. The highest BCUT2D eigenvalue weighted by molar-refractivity contribution is 7.99. The maximum absolute atomic E-state index is 12.3. The van der Waals surface area contributed by atoms with Crippen molar-refractivity contribution in [3.63, 3.8) is 0 Å². The van der Waals surface area contributed by atoms with Gasteiger partial charge >= 0.3 is 0 Å². The molecule has 0 aliphatic carbocycles. The number of amides is 1. The Kier molecular flexibility index (Phi) is 5.99. The summed E-state index contributed by atoms with van der Waals surface area (Å²) in [7, 11) is -3.80. The smallest absolute Gasteiger partial charge is 0.238 e. The first-order chi connectivity index (χ1) is 13.2. The molecule has 0 radical (unpaired) electrons. The number of rotatable bonds is 6. The van der Waals surface area contributed by atoms with Gasteiger partial charge in [0.15, 0.2) is 5.16 Å². The van der Waals surface area contributed by atoms with Gasteiger partial charge in [-0.05, 0) is 49.7 Å². The molecule has 1 heterocycles. The highest BCUT2D eigenvalue weighted by atomic mass is 35.5. The van der Waals surface area contributed by atoms with Gasteiger partial charge in [-0.3, -0.25) is 4.79 Å². The number of hydrogen-bond acceptors (Lipinski definition) is 5. The number of hydrogen-bond donors (Lipinski definition) is 2. The highest BCUT2D eigenvalue weighted by Crippen LogP contribution is 2.27. The van der Waals surface area contributed by atoms with Crippen molar-refractivity contribution in [3.05, 3.63) is 47.0 Å². The number of nitrogens with one attached hydrogen (secondary N) is 1. The number of aryl methyl sites for hydroxylation is 2. The number of aromatic nitrogens is 2. The molecule has 0 aliphatic rings. The number of carbonyl (C=O) groups excluding carboxylic acids is 1. The number of carbonyl (C=O) groups is 1. The van der Waals surface area contributed by atoms with Crippen molar-refractivity contribution >= 4 is 56.0 Å². The Balaban J connectivity index is 1.78. The number of nitrogens with zero attached hydrogens (tertiary/aromatic N) is 2. The van der Waals surface area contributed by atoms with Gasteiger partial charge in [0.1, 0.15) is 0 Å². The van der Waals surface area contributed by atoms with Crippen LogP contribution in [-0.4, -0.2) is 29.6 Å². The van der Waals surface area contributed by atoms with Crippen molar-refractivity contribution in [1.82, 2.24) is 9.55 Å². The first-order valence-corrected chi connectivity index (χ1v) is 11.3. The van der Waals surface area contributed by atoms with Gasteiger partial charge in [-0.1, -0.05) is 29.4 Å². The Morgan fingerprint density at radius 1 is 1.29 bits per heavy atom. The van der Waals surface area contributed by atoms with E-state index < -0.39 is 10.0 Å². The number of thioether (sulfide) groups is 1. The lowest BCUT2D eigenvalue weighted by molar-refractivity contribution is -0.113. The predicted molar refractivity (Wildman–Crippen MR) is 112 cm³/mol. The molecule has 7 nitrogen and oxygen atoms in total. The first kappa shape index (κ1) is 20.7. The second-order valence-corrected chi connectivity index (χ2v) is 9.07. The number of fused-ring (bicyclic) bond motifs is 1. The minimum Gasteiger partial charge on any atom is -0.324 e. The minimum atomic E-state index is -3.80. The molecule has 3 N–H and O–H groups in total. The van der Waals surface area contributed by atoms with Crippen molar-refractivity contribution in [3.8, 4) is 0 Å². The fourth-order valence-electron chi connectivity index (χ4n) is 2.72. The summed E-state index contributed by atoms with van der Waals surface area (Å²) < 4.78 is 25.0. The van der Waals surface area contributed by atoms with E-state index in [0.29, 0.717) is 27.9 Å². The van der Waals surface area contributed by atoms with E-state index in [1.807, 2.05) is 24.5 Å². The molecule has 0 bridgehead atoms. The van der Waals surface area contributed by atoms with E-state index in [2.05, 4.69) is 10.3 Å². The van der Waals surface area contributed by atoms with Gasteiger partial charge in [-0.15, -0.1) is 0 Å². The topological polar surface area (TPSA) is 107 Å². The first-order valence-electron chi connectivity index (χ1n) is 8.41. The minimum absolute atomic E-state index is 0.00376. The van der Waals surface area contributed by atoms with Gasteiger partial charge in [0.05, 0.1) is 32.4 Å². The number of imidazole rings is 1. The van der Waals surface area contributed by atoms with Gasteiger partial charge < -0.3 is 9.88 Å². The number of halogens is 1. The van der Waals surface area contributed by atoms with Crippen molar-refractivity contribution in [2.45, 2.75) is 30.4 Å². The zero-order valence-corrected chi connectivity index (χ0v) is 17.7. The Hall–Kier alpha value is -2.07. The van der Waals surface area contributed by atoms with Crippen LogP contribution in [0.25, 0.3) is 11.0 Å². The normalized spacial score (nSPS) is 11.7. The average Bonchev–Trinajstić information content (AvgIpc) is 2.98. The molecule has 0 atom stereocenters. The van der Waals surface area contributed by atoms with Crippen molar-refractivity contribution in [2.24, 2.45) is 5.14 Å². The van der Waals surface area contributed by atoms with Gasteiger partial charge in [0.25, 0.3) is 0 Å². The van der Waals surface area contributed by atoms with Crippen molar-refractivity contribution in [1.29, 1.82) is 0 Å². The van der Waals surface area contributed by atoms with Gasteiger partial charge in [-0.2, -0.15) is 0 Å². The Morgan fingerprint density at radius 2 is 2.04 bits per heavy atom. The summed E-state index contributed by atoms with van der Waals surface area (Å²) >= 11 is 7.41. The zero-order valence-electron chi connectivity index (χ0n) is 15.3. The Morgan fingerprint density at radius 3 is 2.68 bits per heavy atom. The Bertz CT molecular complexity index is 1160. The lowest BCUT2D eigenvalue weighted by Gasteiger charge is -2.08. The molecule has 0 fully saturated rings. The summed E-state index contributed by atoms with van der Waals surface area (Å²) in [5, 5.41) is 9.07. The lowest BCUT2D eigenvalue weighted by Crippen LogP contribution is -2.15. The molecular formula is C18H19ClN4O3S2. The van der Waals surface area contributed by atoms with Gasteiger partial charge in [0.2, 0.25) is 15.9 Å². The maximum Gasteiger partial charge on any atom is 0.238 e. The fourth-order valence-corrected chi connectivity index (χ4v) is 4.41. The van der Waals surface area contributed by atoms with Gasteiger partial charge in [0, 0.05) is 6.54 Å². The molecule has 148 valence electrons. The van der Waals surface area contributed by atoms with Crippen molar-refractivity contribution < 1.29 is 13.2 Å². The third-order valence-electron chi connectivity index (χ3n) is 4.06. The maximum atomic E-state index is 12.3. The van der Waals surface area contributed by atoms with E-state index in [4.69, 9.17) is 16.7 Å². The predicted octanol–water partition coefficient (Wildman–Crippen LogP) is 3.40. The van der Waals surface area contributed by atoms with E-state index >= 15 is 0 Å². The third kappa shape index (κ3) is 4.49. The molecule has 0 spiro atoms. The molecule has 28 heavy (non-hydrogen) atoms. The summed E-state index contributed by atoms with van der Waals surface area (Å²) in [6.07, 6.45) is 0. The van der Waals surface area contributed by atoms with E-state index in [0.717, 1.165) is 11.1 Å². The van der Waals surface area contributed by atoms with Crippen LogP contribution in [0.4, 0.5) is 5.69 Å². The van der Waals surface area contributed by atoms with Crippen LogP contribution in [-0.2, 0) is 21.4 Å². The molecular weight excluding hydrogens is 420 g/mol. The van der Waals surface area contributed by atoms with Crippen LogP contribution in [0.5, 0.6) is 0 Å². The van der Waals surface area contributed by atoms with E-state index in [1.165, 1.54) is 23.9 Å². The van der Waals surface area contributed by atoms with Crippen LogP contribution in [0.1, 0.15) is 12.5 Å². The highest BCUT2D eigenvalue weighted by Gasteiger charge is 2.16. The lowest BCUT2D eigenvalue weighted by atomic mass is 10.2. The largest absolute Gasteiger partial charge is 0.324 e. The second-order valence-electron chi connectivity index (χ2n) is 6.15. The third-order valence-corrected chi connectivity index (χ3v) is 6.26. The number of primary sulfonamides is 1. The van der Waals surface area contributed by atoms with Crippen LogP contribution in [0.2, 0.25) is 5.02 Å². The molecule has 3 aromatic rings. The van der Waals surface area contributed by atoms with Crippen LogP contribution in [0.15, 0.2) is 46.5 Å². The quantitative estimate of drug-likeness (QED) is 0.573. The van der Waals surface area contributed by atoms with Gasteiger partial charge in [-0.25, -0.2) is 18.5 Å². The molecule has 0 saturated carbocycles. The molecule has 0 aliphatic heterocycles. The Labute approximate surface area is 172 Å². The number of benzene rings is 2. The average molecular weight is 439 g/mol. The number of nitrogens with two attached hydrogens (primary N) is 1. The fraction of sp³-hybridized carbons (Fsp3) is 0.222. The van der Waals surface area contributed by atoms with Crippen LogP contribution >= 0.6 is 23.4 Å². The molecule has 1 aromatic heterocycles. The van der Waals surface area contributed by atoms with Crippen LogP contribution < -0.4 is 10.5 Å². The second kappa shape index (κ2) is 8.12. The summed E-state index contributed by atoms with van der Waals surface area (Å²) in [6, 6.07) is 9.97. The van der Waals surface area contributed by atoms with E-state index in [9.17, 15) is 13.2 Å². The van der Waals surface area contributed by atoms with E-state index in [-0.39, 0.29) is 16.6 Å². The summed E-state index contributed by atoms with van der Waals surface area (Å²) in [5.74, 6) is -0.0778. The van der Waals surface area contributed by atoms with Crippen LogP contribution in [0.3, 0.4) is 0 Å². The SMILES string of the molecule is CCn1c(SCC(=O)Nc2ccc(C)cc2Cl)nc2cc(S(N)(=O)=O)ccc21. The summed E-state index contributed by atoms with van der Waals surface area (Å²) in [4.78, 5) is 16.8. The molecule has 2 aromatic carbocycles. The van der Waals surface area contributed by atoms with E-state index in [1.54, 1.807) is 18.2 Å². The summed E-state index contributed by atoms with van der Waals surface area (Å²) in [5.41, 5.74) is 2.85. The summed E-state index contributed by atoms with van der Waals surface area (Å²) in [6.45, 7) is 4.49. The molecule has 3 rings (SSSR count). The van der Waals surface area contributed by atoms with Crippen LogP contribution in [0, 0.1) is 6.92 Å². The molecule has 0 unspecified atom stereocenters. The van der Waals surface area contributed by atoms with Crippen molar-refractivity contribution in [2.75, 3.05) is 11.1 Å².